The monoisotopic (exact) mass is 447 g/mol. The minimum absolute atomic E-state index is 0.00318. The first-order valence-corrected chi connectivity index (χ1v) is 11.7. The van der Waals surface area contributed by atoms with Crippen LogP contribution in [0.4, 0.5) is 0 Å². The molecule has 2 aromatic carbocycles. The van der Waals surface area contributed by atoms with E-state index in [0.29, 0.717) is 26.1 Å². The third-order valence-electron chi connectivity index (χ3n) is 6.80. The van der Waals surface area contributed by atoms with Gasteiger partial charge in [0.2, 0.25) is 0 Å². The van der Waals surface area contributed by atoms with Crippen molar-refractivity contribution in [1.82, 2.24) is 14.3 Å². The number of benzene rings is 2. The first-order valence-electron chi connectivity index (χ1n) is 11.7. The smallest absolute Gasteiger partial charge is 0.313 e. The van der Waals surface area contributed by atoms with Crippen molar-refractivity contribution in [2.45, 2.75) is 39.7 Å². The average Bonchev–Trinajstić information content (AvgIpc) is 3.03. The van der Waals surface area contributed by atoms with Gasteiger partial charge in [0.25, 0.3) is 5.56 Å². The first kappa shape index (κ1) is 23.1. The van der Waals surface area contributed by atoms with Crippen LogP contribution in [-0.4, -0.2) is 39.9 Å². The Kier molecular flexibility index (Phi) is 6.84. The van der Waals surface area contributed by atoms with Crippen molar-refractivity contribution in [2.24, 2.45) is 12.5 Å². The Balaban J connectivity index is 1.63. The maximum Gasteiger partial charge on any atom is 0.313 e. The molecule has 0 radical (unpaired) electrons. The van der Waals surface area contributed by atoms with Gasteiger partial charge in [-0.05, 0) is 57.4 Å². The normalized spacial score (nSPS) is 18.9. The summed E-state index contributed by atoms with van der Waals surface area (Å²) in [5, 5.41) is 0. The van der Waals surface area contributed by atoms with E-state index in [2.05, 4.69) is 17.0 Å². The third-order valence-corrected chi connectivity index (χ3v) is 6.80. The van der Waals surface area contributed by atoms with Gasteiger partial charge in [0, 0.05) is 25.8 Å². The van der Waals surface area contributed by atoms with E-state index in [0.717, 1.165) is 41.9 Å². The van der Waals surface area contributed by atoms with Gasteiger partial charge in [0.15, 0.2) is 0 Å². The van der Waals surface area contributed by atoms with Crippen LogP contribution in [0.25, 0.3) is 5.69 Å². The lowest BCUT2D eigenvalue weighted by atomic mass is 9.75. The number of carbonyl (C=O) groups is 1. The summed E-state index contributed by atoms with van der Waals surface area (Å²) in [6.45, 7) is 6.18. The van der Waals surface area contributed by atoms with Gasteiger partial charge in [-0.3, -0.25) is 19.2 Å². The number of hydrogen-bond donors (Lipinski definition) is 0. The second-order valence-corrected chi connectivity index (χ2v) is 9.02. The fraction of sp³-hybridized carbons (Fsp3) is 0.407. The van der Waals surface area contributed by atoms with Gasteiger partial charge in [0.1, 0.15) is 0 Å². The zero-order valence-electron chi connectivity index (χ0n) is 19.8. The van der Waals surface area contributed by atoms with E-state index in [1.807, 2.05) is 74.1 Å². The van der Waals surface area contributed by atoms with Crippen molar-refractivity contribution >= 4 is 5.97 Å². The molecule has 6 nitrogen and oxygen atoms in total. The van der Waals surface area contributed by atoms with Crippen LogP contribution in [0, 0.1) is 12.3 Å². The standard InChI is InChI=1S/C27H33N3O3/c1-4-33-26(32)27(18-22-12-7-5-8-13-22)16-11-17-29(20-27)19-24-21(2)28(3)30(25(24)31)23-14-9-6-10-15-23/h5-10,12-15H,4,11,16-20H2,1-3H3/t27-/m1/s1. The van der Waals surface area contributed by atoms with Gasteiger partial charge in [-0.25, -0.2) is 4.68 Å². The molecule has 0 spiro atoms. The van der Waals surface area contributed by atoms with Crippen LogP contribution >= 0.6 is 0 Å². The first-order chi connectivity index (χ1) is 15.9. The Morgan fingerprint density at radius 1 is 1.06 bits per heavy atom. The summed E-state index contributed by atoms with van der Waals surface area (Å²) >= 11 is 0. The molecule has 33 heavy (non-hydrogen) atoms. The van der Waals surface area contributed by atoms with E-state index < -0.39 is 5.41 Å². The number of hydrogen-bond acceptors (Lipinski definition) is 4. The molecule has 1 aromatic heterocycles. The summed E-state index contributed by atoms with van der Waals surface area (Å²) in [6.07, 6.45) is 2.33. The lowest BCUT2D eigenvalue weighted by Crippen LogP contribution is -2.49. The molecule has 1 fully saturated rings. The molecule has 0 amide bonds. The molecular formula is C27H33N3O3. The summed E-state index contributed by atoms with van der Waals surface area (Å²) in [5.41, 5.74) is 3.10. The van der Waals surface area contributed by atoms with Crippen molar-refractivity contribution < 1.29 is 9.53 Å². The predicted molar refractivity (Wildman–Crippen MR) is 129 cm³/mol. The minimum Gasteiger partial charge on any atom is -0.466 e. The Morgan fingerprint density at radius 3 is 2.39 bits per heavy atom. The zero-order valence-corrected chi connectivity index (χ0v) is 19.8. The minimum atomic E-state index is -0.600. The summed E-state index contributed by atoms with van der Waals surface area (Å²) < 4.78 is 9.18. The third kappa shape index (κ3) is 4.67. The van der Waals surface area contributed by atoms with Crippen LogP contribution in [-0.2, 0) is 29.5 Å². The molecule has 1 aliphatic heterocycles. The quantitative estimate of drug-likeness (QED) is 0.516. The lowest BCUT2D eigenvalue weighted by Gasteiger charge is -2.41. The van der Waals surface area contributed by atoms with E-state index >= 15 is 0 Å². The van der Waals surface area contributed by atoms with Crippen molar-refractivity contribution in [3.05, 3.63) is 87.8 Å². The van der Waals surface area contributed by atoms with E-state index in [1.165, 1.54) is 0 Å². The van der Waals surface area contributed by atoms with Crippen molar-refractivity contribution in [2.75, 3.05) is 19.7 Å². The lowest BCUT2D eigenvalue weighted by molar-refractivity contribution is -0.159. The van der Waals surface area contributed by atoms with Crippen LogP contribution in [0.3, 0.4) is 0 Å². The number of likely N-dealkylation sites (tertiary alicyclic amines) is 1. The summed E-state index contributed by atoms with van der Waals surface area (Å²) in [6, 6.07) is 19.8. The summed E-state index contributed by atoms with van der Waals surface area (Å²) in [4.78, 5) is 28.8. The molecule has 0 unspecified atom stereocenters. The Morgan fingerprint density at radius 2 is 1.73 bits per heavy atom. The molecule has 4 rings (SSSR count). The molecule has 1 saturated heterocycles. The predicted octanol–water partition coefficient (Wildman–Crippen LogP) is 3.87. The topological polar surface area (TPSA) is 56.5 Å². The van der Waals surface area contributed by atoms with Crippen LogP contribution in [0.1, 0.15) is 36.6 Å². The van der Waals surface area contributed by atoms with Gasteiger partial charge in [-0.15, -0.1) is 0 Å². The van der Waals surface area contributed by atoms with Crippen molar-refractivity contribution in [1.29, 1.82) is 0 Å². The highest BCUT2D eigenvalue weighted by atomic mass is 16.5. The molecular weight excluding hydrogens is 414 g/mol. The van der Waals surface area contributed by atoms with Crippen molar-refractivity contribution in [3.63, 3.8) is 0 Å². The average molecular weight is 448 g/mol. The van der Waals surface area contributed by atoms with Crippen LogP contribution in [0.2, 0.25) is 0 Å². The molecule has 0 N–H and O–H groups in total. The van der Waals surface area contributed by atoms with E-state index in [4.69, 9.17) is 4.74 Å². The number of piperidine rings is 1. The largest absolute Gasteiger partial charge is 0.466 e. The van der Waals surface area contributed by atoms with Gasteiger partial charge in [-0.1, -0.05) is 48.5 Å². The van der Waals surface area contributed by atoms with E-state index in [9.17, 15) is 9.59 Å². The number of rotatable bonds is 7. The van der Waals surface area contributed by atoms with Crippen molar-refractivity contribution in [3.8, 4) is 5.69 Å². The van der Waals surface area contributed by atoms with Gasteiger partial charge in [0.05, 0.1) is 23.3 Å². The molecule has 6 heteroatoms. The number of carbonyl (C=O) groups excluding carboxylic acids is 1. The van der Waals surface area contributed by atoms with E-state index in [1.54, 1.807) is 4.68 Å². The number of aromatic nitrogens is 2. The number of nitrogens with zero attached hydrogens (tertiary/aromatic N) is 3. The molecule has 3 aromatic rings. The SMILES string of the molecule is CCOC(=O)[C@@]1(Cc2ccccc2)CCCN(Cc2c(C)n(C)n(-c3ccccc3)c2=O)C1. The highest BCUT2D eigenvalue weighted by molar-refractivity contribution is 5.77. The summed E-state index contributed by atoms with van der Waals surface area (Å²) in [5.74, 6) is -0.134. The van der Waals surface area contributed by atoms with E-state index in [-0.39, 0.29) is 11.5 Å². The number of esters is 1. The second kappa shape index (κ2) is 9.79. The molecule has 0 aliphatic carbocycles. The maximum atomic E-state index is 13.4. The molecule has 0 bridgehead atoms. The highest BCUT2D eigenvalue weighted by Gasteiger charge is 2.43. The maximum absolute atomic E-state index is 13.4. The fourth-order valence-electron chi connectivity index (χ4n) is 5.05. The Labute approximate surface area is 195 Å². The molecule has 2 heterocycles. The molecule has 1 atom stereocenters. The fourth-order valence-corrected chi connectivity index (χ4v) is 5.05. The van der Waals surface area contributed by atoms with Crippen LogP contribution in [0.5, 0.6) is 0 Å². The van der Waals surface area contributed by atoms with Crippen LogP contribution in [0.15, 0.2) is 65.5 Å². The zero-order chi connectivity index (χ0) is 23.4. The molecule has 174 valence electrons. The molecule has 0 saturated carbocycles. The Bertz CT molecular complexity index is 1150. The Hall–Kier alpha value is -3.12. The van der Waals surface area contributed by atoms with Gasteiger partial charge < -0.3 is 4.74 Å². The van der Waals surface area contributed by atoms with Gasteiger partial charge in [-0.2, -0.15) is 0 Å². The summed E-state index contributed by atoms with van der Waals surface area (Å²) in [7, 11) is 1.92. The highest BCUT2D eigenvalue weighted by Crippen LogP contribution is 2.36. The molecule has 1 aliphatic rings. The van der Waals surface area contributed by atoms with Gasteiger partial charge >= 0.3 is 5.97 Å². The second-order valence-electron chi connectivity index (χ2n) is 9.02. The van der Waals surface area contributed by atoms with Crippen LogP contribution < -0.4 is 5.56 Å². The number of ether oxygens (including phenoxy) is 1. The number of para-hydroxylation sites is 1.